The van der Waals surface area contributed by atoms with Crippen LogP contribution in [-0.4, -0.2) is 14.3 Å². The zero-order valence-electron chi connectivity index (χ0n) is 10.3. The van der Waals surface area contributed by atoms with Crippen molar-refractivity contribution >= 4 is 22.8 Å². The second-order valence-electron chi connectivity index (χ2n) is 4.98. The molecule has 1 aromatic heterocycles. The van der Waals surface area contributed by atoms with Crippen LogP contribution in [0.5, 0.6) is 0 Å². The molecule has 1 heterocycles. The van der Waals surface area contributed by atoms with Gasteiger partial charge in [0, 0.05) is 11.8 Å². The van der Waals surface area contributed by atoms with Crippen LogP contribution in [0, 0.1) is 0 Å². The fraction of sp³-hybridized carbons (Fsp3) is 0.462. The molecular formula is C13H18N2S. The summed E-state index contributed by atoms with van der Waals surface area (Å²) in [5, 5.41) is 0. The lowest BCUT2D eigenvalue weighted by Crippen LogP contribution is -2.09. The number of aryl methyl sites for hydroxylation is 1. The first-order valence-electron chi connectivity index (χ1n) is 5.52. The van der Waals surface area contributed by atoms with E-state index in [1.165, 1.54) is 5.52 Å². The third-order valence-corrected chi connectivity index (χ3v) is 3.78. The van der Waals surface area contributed by atoms with E-state index in [-0.39, 0.29) is 4.75 Å². The Kier molecular flexibility index (Phi) is 2.98. The summed E-state index contributed by atoms with van der Waals surface area (Å²) in [6.45, 7) is 6.71. The second-order valence-corrected chi connectivity index (χ2v) is 6.78. The molecule has 0 amide bonds. The summed E-state index contributed by atoms with van der Waals surface area (Å²) in [5.74, 6) is 2.12. The molecule has 0 N–H and O–H groups in total. The van der Waals surface area contributed by atoms with Crippen LogP contribution in [0.3, 0.4) is 0 Å². The van der Waals surface area contributed by atoms with Crippen LogP contribution in [0.15, 0.2) is 24.3 Å². The Morgan fingerprint density at radius 3 is 2.56 bits per heavy atom. The minimum absolute atomic E-state index is 0.290. The SMILES string of the molecule is Cn1c(CSC(C)(C)C)nc2ccccc21. The largest absolute Gasteiger partial charge is 0.330 e. The van der Waals surface area contributed by atoms with Gasteiger partial charge in [-0.25, -0.2) is 4.98 Å². The number of hydrogen-bond acceptors (Lipinski definition) is 2. The van der Waals surface area contributed by atoms with Crippen LogP contribution >= 0.6 is 11.8 Å². The van der Waals surface area contributed by atoms with Gasteiger partial charge in [-0.3, -0.25) is 0 Å². The third-order valence-electron chi connectivity index (χ3n) is 2.51. The van der Waals surface area contributed by atoms with E-state index in [1.54, 1.807) is 0 Å². The van der Waals surface area contributed by atoms with Gasteiger partial charge >= 0.3 is 0 Å². The Morgan fingerprint density at radius 1 is 1.25 bits per heavy atom. The van der Waals surface area contributed by atoms with Gasteiger partial charge in [-0.2, -0.15) is 0 Å². The molecule has 2 aromatic rings. The number of benzene rings is 1. The molecule has 1 aromatic carbocycles. The maximum absolute atomic E-state index is 4.66. The Morgan fingerprint density at radius 2 is 1.94 bits per heavy atom. The van der Waals surface area contributed by atoms with Crippen LogP contribution in [0.4, 0.5) is 0 Å². The summed E-state index contributed by atoms with van der Waals surface area (Å²) in [5.41, 5.74) is 2.31. The van der Waals surface area contributed by atoms with Crippen LogP contribution in [0.2, 0.25) is 0 Å². The molecular weight excluding hydrogens is 216 g/mol. The van der Waals surface area contributed by atoms with E-state index in [2.05, 4.69) is 55.6 Å². The van der Waals surface area contributed by atoms with Gasteiger partial charge in [-0.05, 0) is 12.1 Å². The van der Waals surface area contributed by atoms with E-state index in [9.17, 15) is 0 Å². The van der Waals surface area contributed by atoms with Gasteiger partial charge in [-0.15, -0.1) is 11.8 Å². The van der Waals surface area contributed by atoms with Crippen molar-refractivity contribution in [1.82, 2.24) is 9.55 Å². The Bertz CT molecular complexity index is 494. The van der Waals surface area contributed by atoms with Gasteiger partial charge in [-0.1, -0.05) is 32.9 Å². The summed E-state index contributed by atoms with van der Waals surface area (Å²) in [6, 6.07) is 8.29. The smallest absolute Gasteiger partial charge is 0.119 e. The summed E-state index contributed by atoms with van der Waals surface area (Å²) in [4.78, 5) is 4.66. The standard InChI is InChI=1S/C13H18N2S/c1-13(2,3)16-9-12-14-10-7-5-6-8-11(10)15(12)4/h5-8H,9H2,1-4H3. The number of hydrogen-bond donors (Lipinski definition) is 0. The Labute approximate surface area is 101 Å². The van der Waals surface area contributed by atoms with Crippen molar-refractivity contribution in [3.63, 3.8) is 0 Å². The average Bonchev–Trinajstić information content (AvgIpc) is 2.53. The van der Waals surface area contributed by atoms with Crippen LogP contribution in [0.1, 0.15) is 26.6 Å². The summed E-state index contributed by atoms with van der Waals surface area (Å²) >= 11 is 1.93. The van der Waals surface area contributed by atoms with Crippen molar-refractivity contribution in [2.45, 2.75) is 31.3 Å². The van der Waals surface area contributed by atoms with Crippen molar-refractivity contribution in [2.75, 3.05) is 0 Å². The van der Waals surface area contributed by atoms with E-state index in [0.717, 1.165) is 17.1 Å². The molecule has 0 saturated heterocycles. The number of aromatic nitrogens is 2. The zero-order chi connectivity index (χ0) is 11.8. The lowest BCUT2D eigenvalue weighted by atomic mass is 10.3. The summed E-state index contributed by atoms with van der Waals surface area (Å²) in [6.07, 6.45) is 0. The maximum atomic E-state index is 4.66. The third kappa shape index (κ3) is 2.40. The predicted octanol–water partition coefficient (Wildman–Crippen LogP) is 3.61. The number of thioether (sulfide) groups is 1. The molecule has 0 aliphatic carbocycles. The fourth-order valence-corrected chi connectivity index (χ4v) is 2.43. The van der Waals surface area contributed by atoms with E-state index in [4.69, 9.17) is 0 Å². The highest BCUT2D eigenvalue weighted by Gasteiger charge is 2.13. The molecule has 3 heteroatoms. The molecule has 2 nitrogen and oxygen atoms in total. The molecule has 0 saturated carbocycles. The number of nitrogens with zero attached hydrogens (tertiary/aromatic N) is 2. The van der Waals surface area contributed by atoms with Crippen molar-refractivity contribution in [2.24, 2.45) is 7.05 Å². The first-order valence-corrected chi connectivity index (χ1v) is 6.50. The molecule has 0 aliphatic rings. The summed E-state index contributed by atoms with van der Waals surface area (Å²) < 4.78 is 2.48. The van der Waals surface area contributed by atoms with Gasteiger partial charge in [0.1, 0.15) is 5.82 Å². The van der Waals surface area contributed by atoms with Crippen LogP contribution in [0.25, 0.3) is 11.0 Å². The minimum Gasteiger partial charge on any atom is -0.330 e. The second kappa shape index (κ2) is 4.13. The van der Waals surface area contributed by atoms with Gasteiger partial charge in [0.2, 0.25) is 0 Å². The van der Waals surface area contributed by atoms with Crippen molar-refractivity contribution in [3.8, 4) is 0 Å². The predicted molar refractivity (Wildman–Crippen MR) is 71.8 cm³/mol. The lowest BCUT2D eigenvalue weighted by molar-refractivity contribution is 0.795. The Balaban J connectivity index is 2.28. The van der Waals surface area contributed by atoms with Gasteiger partial charge in [0.25, 0.3) is 0 Å². The van der Waals surface area contributed by atoms with E-state index in [1.807, 2.05) is 17.8 Å². The molecule has 0 bridgehead atoms. The van der Waals surface area contributed by atoms with Crippen molar-refractivity contribution < 1.29 is 0 Å². The molecule has 0 atom stereocenters. The highest BCUT2D eigenvalue weighted by molar-refractivity contribution is 7.99. The van der Waals surface area contributed by atoms with Gasteiger partial charge in [0.15, 0.2) is 0 Å². The van der Waals surface area contributed by atoms with Crippen molar-refractivity contribution in [3.05, 3.63) is 30.1 Å². The first-order chi connectivity index (χ1) is 7.47. The molecule has 0 aliphatic heterocycles. The van der Waals surface area contributed by atoms with E-state index < -0.39 is 0 Å². The van der Waals surface area contributed by atoms with Crippen LogP contribution in [-0.2, 0) is 12.8 Å². The molecule has 86 valence electrons. The molecule has 2 rings (SSSR count). The Hall–Kier alpha value is -0.960. The number of para-hydroxylation sites is 2. The quantitative estimate of drug-likeness (QED) is 0.790. The zero-order valence-corrected chi connectivity index (χ0v) is 11.1. The van der Waals surface area contributed by atoms with E-state index >= 15 is 0 Å². The van der Waals surface area contributed by atoms with Crippen molar-refractivity contribution in [1.29, 1.82) is 0 Å². The van der Waals surface area contributed by atoms with Crippen LogP contribution < -0.4 is 0 Å². The lowest BCUT2D eigenvalue weighted by Gasteiger charge is -2.16. The molecule has 0 radical (unpaired) electrons. The normalized spacial score (nSPS) is 12.2. The molecule has 16 heavy (non-hydrogen) atoms. The number of fused-ring (bicyclic) bond motifs is 1. The molecule has 0 fully saturated rings. The first kappa shape index (κ1) is 11.5. The minimum atomic E-state index is 0.290. The number of imidazole rings is 1. The molecule has 0 spiro atoms. The average molecular weight is 234 g/mol. The maximum Gasteiger partial charge on any atom is 0.119 e. The summed E-state index contributed by atoms with van der Waals surface area (Å²) in [7, 11) is 2.09. The van der Waals surface area contributed by atoms with Gasteiger partial charge in [0.05, 0.1) is 16.8 Å². The highest BCUT2D eigenvalue weighted by Crippen LogP contribution is 2.27. The monoisotopic (exact) mass is 234 g/mol. The van der Waals surface area contributed by atoms with E-state index in [0.29, 0.717) is 0 Å². The fourth-order valence-electron chi connectivity index (χ4n) is 1.61. The highest BCUT2D eigenvalue weighted by atomic mass is 32.2. The number of rotatable bonds is 2. The molecule has 0 unspecified atom stereocenters. The van der Waals surface area contributed by atoms with Gasteiger partial charge < -0.3 is 4.57 Å². The topological polar surface area (TPSA) is 17.8 Å².